The second-order valence-electron chi connectivity index (χ2n) is 3.91. The molecule has 0 bridgehead atoms. The lowest BCUT2D eigenvalue weighted by molar-refractivity contribution is -0.151. The number of hydrogen-bond donors (Lipinski definition) is 2. The van der Waals surface area contributed by atoms with Crippen LogP contribution < -0.4 is 11.4 Å². The molecule has 1 heterocycles. The lowest BCUT2D eigenvalue weighted by Crippen LogP contribution is -2.26. The number of nitrogens with two attached hydrogens (primary N) is 1. The van der Waals surface area contributed by atoms with E-state index in [1.807, 2.05) is 29.3 Å². The standard InChI is InChI=1S/C12H15N3O2/c1-9-2-3-10-4-6-15(11(10)8-9)7-5-12(16)17-14-13/h2-4,6,8,14H,5,7,13H2,1H3. The lowest BCUT2D eigenvalue weighted by atomic mass is 10.2. The van der Waals surface area contributed by atoms with Crippen LogP contribution in [0.3, 0.4) is 0 Å². The van der Waals surface area contributed by atoms with Crippen LogP contribution in [0.2, 0.25) is 0 Å². The van der Waals surface area contributed by atoms with Crippen LogP contribution in [0.4, 0.5) is 0 Å². The van der Waals surface area contributed by atoms with Crippen molar-refractivity contribution in [1.82, 2.24) is 10.2 Å². The Bertz CT molecular complexity index is 534. The van der Waals surface area contributed by atoms with Crippen molar-refractivity contribution in [2.24, 2.45) is 5.84 Å². The molecule has 1 aromatic heterocycles. The molecule has 3 N–H and O–H groups in total. The minimum absolute atomic E-state index is 0.280. The first-order valence-corrected chi connectivity index (χ1v) is 5.41. The Balaban J connectivity index is 2.13. The molecule has 0 saturated heterocycles. The number of carbonyl (C=O) groups is 1. The van der Waals surface area contributed by atoms with Crippen molar-refractivity contribution in [3.63, 3.8) is 0 Å². The quantitative estimate of drug-likeness (QED) is 0.616. The molecule has 0 saturated carbocycles. The number of hydrazine groups is 1. The fourth-order valence-electron chi connectivity index (χ4n) is 1.82. The molecule has 5 heteroatoms. The molecule has 0 aliphatic carbocycles. The van der Waals surface area contributed by atoms with Gasteiger partial charge in [0.1, 0.15) is 0 Å². The van der Waals surface area contributed by atoms with Gasteiger partial charge in [-0.25, -0.2) is 5.84 Å². The van der Waals surface area contributed by atoms with E-state index in [4.69, 9.17) is 5.84 Å². The molecule has 2 rings (SSSR count). The number of carbonyl (C=O) groups excluding carboxylic acids is 1. The van der Waals surface area contributed by atoms with Gasteiger partial charge in [-0.15, -0.1) is 0 Å². The second-order valence-corrected chi connectivity index (χ2v) is 3.91. The number of rotatable bonds is 4. The summed E-state index contributed by atoms with van der Waals surface area (Å²) in [4.78, 5) is 15.6. The van der Waals surface area contributed by atoms with Crippen molar-refractivity contribution >= 4 is 16.9 Å². The molecular formula is C12H15N3O2. The first kappa shape index (κ1) is 11.6. The molecule has 0 fully saturated rings. The van der Waals surface area contributed by atoms with Gasteiger partial charge < -0.3 is 9.40 Å². The SMILES string of the molecule is Cc1ccc2ccn(CCC(=O)ONN)c2c1. The van der Waals surface area contributed by atoms with Gasteiger partial charge >= 0.3 is 5.97 Å². The zero-order chi connectivity index (χ0) is 12.3. The van der Waals surface area contributed by atoms with E-state index in [2.05, 4.69) is 23.0 Å². The van der Waals surface area contributed by atoms with Crippen molar-refractivity contribution in [2.45, 2.75) is 19.9 Å². The largest absolute Gasteiger partial charge is 0.356 e. The third kappa shape index (κ3) is 2.64. The van der Waals surface area contributed by atoms with Crippen LogP contribution in [-0.4, -0.2) is 10.5 Å². The Hall–Kier alpha value is -1.85. The zero-order valence-electron chi connectivity index (χ0n) is 9.64. The van der Waals surface area contributed by atoms with E-state index in [0.29, 0.717) is 6.54 Å². The van der Waals surface area contributed by atoms with E-state index in [1.165, 1.54) is 10.9 Å². The molecule has 90 valence electrons. The molecule has 0 aliphatic heterocycles. The summed E-state index contributed by atoms with van der Waals surface area (Å²) in [7, 11) is 0. The van der Waals surface area contributed by atoms with E-state index >= 15 is 0 Å². The average Bonchev–Trinajstić information content (AvgIpc) is 2.69. The van der Waals surface area contributed by atoms with E-state index in [1.54, 1.807) is 0 Å². The first-order chi connectivity index (χ1) is 8.20. The van der Waals surface area contributed by atoms with E-state index in [-0.39, 0.29) is 12.4 Å². The number of fused-ring (bicyclic) bond motifs is 1. The van der Waals surface area contributed by atoms with Gasteiger partial charge in [-0.1, -0.05) is 17.7 Å². The molecule has 0 atom stereocenters. The van der Waals surface area contributed by atoms with E-state index in [0.717, 1.165) is 5.52 Å². The molecular weight excluding hydrogens is 218 g/mol. The number of aromatic nitrogens is 1. The van der Waals surface area contributed by atoms with Crippen molar-refractivity contribution in [3.05, 3.63) is 36.0 Å². The summed E-state index contributed by atoms with van der Waals surface area (Å²) in [6.45, 7) is 2.62. The minimum atomic E-state index is -0.373. The Morgan fingerprint density at radius 2 is 2.29 bits per heavy atom. The maximum atomic E-state index is 11.2. The Labute approximate surface area is 99.1 Å². The summed E-state index contributed by atoms with van der Waals surface area (Å²) in [5.74, 6) is 4.52. The van der Waals surface area contributed by atoms with Crippen molar-refractivity contribution < 1.29 is 9.63 Å². The third-order valence-corrected chi connectivity index (χ3v) is 2.66. The van der Waals surface area contributed by atoms with Crippen LogP contribution in [0.5, 0.6) is 0 Å². The fourth-order valence-corrected chi connectivity index (χ4v) is 1.82. The van der Waals surface area contributed by atoms with E-state index in [9.17, 15) is 4.79 Å². The average molecular weight is 233 g/mol. The summed E-state index contributed by atoms with van der Waals surface area (Å²) >= 11 is 0. The summed E-state index contributed by atoms with van der Waals surface area (Å²) in [6.07, 6.45) is 2.25. The molecule has 0 unspecified atom stereocenters. The monoisotopic (exact) mass is 233 g/mol. The van der Waals surface area contributed by atoms with Gasteiger partial charge in [-0.05, 0) is 30.0 Å². The normalized spacial score (nSPS) is 10.7. The van der Waals surface area contributed by atoms with Crippen molar-refractivity contribution in [1.29, 1.82) is 0 Å². The van der Waals surface area contributed by atoms with Crippen LogP contribution in [0.15, 0.2) is 30.5 Å². The van der Waals surface area contributed by atoms with Crippen LogP contribution in [0.1, 0.15) is 12.0 Å². The van der Waals surface area contributed by atoms with Gasteiger partial charge in [0.15, 0.2) is 0 Å². The first-order valence-electron chi connectivity index (χ1n) is 5.41. The summed E-state index contributed by atoms with van der Waals surface area (Å²) in [5.41, 5.74) is 4.21. The molecule has 0 spiro atoms. The highest BCUT2D eigenvalue weighted by Crippen LogP contribution is 2.17. The summed E-state index contributed by atoms with van der Waals surface area (Å²) in [5, 5.41) is 1.17. The molecule has 17 heavy (non-hydrogen) atoms. The second kappa shape index (κ2) is 4.99. The third-order valence-electron chi connectivity index (χ3n) is 2.66. The number of hydrogen-bond acceptors (Lipinski definition) is 4. The summed E-state index contributed by atoms with van der Waals surface area (Å²) < 4.78 is 2.03. The van der Waals surface area contributed by atoms with Gasteiger partial charge in [0.25, 0.3) is 0 Å². The number of nitrogens with zero attached hydrogens (tertiary/aromatic N) is 1. The highest BCUT2D eigenvalue weighted by Gasteiger charge is 2.05. The molecule has 0 radical (unpaired) electrons. The van der Waals surface area contributed by atoms with Gasteiger partial charge in [0, 0.05) is 18.3 Å². The molecule has 2 aromatic rings. The molecule has 0 amide bonds. The number of nitrogens with one attached hydrogen (secondary N) is 1. The van der Waals surface area contributed by atoms with Gasteiger partial charge in [0.05, 0.1) is 6.42 Å². The Morgan fingerprint density at radius 3 is 3.06 bits per heavy atom. The topological polar surface area (TPSA) is 69.3 Å². The van der Waals surface area contributed by atoms with Crippen LogP contribution in [-0.2, 0) is 16.2 Å². The predicted octanol–water partition coefficient (Wildman–Crippen LogP) is 1.26. The van der Waals surface area contributed by atoms with E-state index < -0.39 is 0 Å². The van der Waals surface area contributed by atoms with Crippen LogP contribution in [0, 0.1) is 6.92 Å². The van der Waals surface area contributed by atoms with Crippen LogP contribution in [0.25, 0.3) is 10.9 Å². The van der Waals surface area contributed by atoms with Crippen molar-refractivity contribution in [3.8, 4) is 0 Å². The molecule has 0 aliphatic rings. The number of aryl methyl sites for hydroxylation is 2. The maximum absolute atomic E-state index is 11.2. The highest BCUT2D eigenvalue weighted by molar-refractivity contribution is 5.81. The van der Waals surface area contributed by atoms with Gasteiger partial charge in [-0.3, -0.25) is 4.79 Å². The van der Waals surface area contributed by atoms with Gasteiger partial charge in [0.2, 0.25) is 0 Å². The van der Waals surface area contributed by atoms with Gasteiger partial charge in [-0.2, -0.15) is 0 Å². The number of benzene rings is 1. The lowest BCUT2D eigenvalue weighted by Gasteiger charge is -2.05. The fraction of sp³-hybridized carbons (Fsp3) is 0.250. The van der Waals surface area contributed by atoms with Crippen LogP contribution >= 0.6 is 0 Å². The molecule has 5 nitrogen and oxygen atoms in total. The zero-order valence-corrected chi connectivity index (χ0v) is 9.64. The highest BCUT2D eigenvalue weighted by atomic mass is 16.7. The Kier molecular flexibility index (Phi) is 3.41. The molecule has 1 aromatic carbocycles. The maximum Gasteiger partial charge on any atom is 0.328 e. The minimum Gasteiger partial charge on any atom is -0.356 e. The summed E-state index contributed by atoms with van der Waals surface area (Å²) in [6, 6.07) is 8.27. The van der Waals surface area contributed by atoms with Crippen molar-refractivity contribution in [2.75, 3.05) is 0 Å². The Morgan fingerprint density at radius 1 is 1.47 bits per heavy atom. The smallest absolute Gasteiger partial charge is 0.328 e. The predicted molar refractivity (Wildman–Crippen MR) is 64.7 cm³/mol.